The van der Waals surface area contributed by atoms with Crippen LogP contribution in [0.5, 0.6) is 28.7 Å². The summed E-state index contributed by atoms with van der Waals surface area (Å²) in [4.78, 5) is 13.8. The van der Waals surface area contributed by atoms with Crippen LogP contribution in [0.2, 0.25) is 0 Å². The van der Waals surface area contributed by atoms with E-state index < -0.39 is 102 Å². The number of phenols is 3. The first-order valence-corrected chi connectivity index (χ1v) is 13.4. The molecule has 3 aromatic rings. The zero-order chi connectivity index (χ0) is 32.0. The van der Waals surface area contributed by atoms with Gasteiger partial charge < -0.3 is 74.1 Å². The van der Waals surface area contributed by atoms with E-state index in [1.165, 1.54) is 31.2 Å². The molecule has 5 unspecified atom stereocenters. The summed E-state index contributed by atoms with van der Waals surface area (Å²) >= 11 is 0. The van der Waals surface area contributed by atoms with Gasteiger partial charge in [0.15, 0.2) is 23.5 Å². The third-order valence-corrected chi connectivity index (χ3v) is 7.52. The van der Waals surface area contributed by atoms with Crippen LogP contribution in [-0.4, -0.2) is 121 Å². The number of aromatic hydroxyl groups is 3. The summed E-state index contributed by atoms with van der Waals surface area (Å²) < 4.78 is 33.0. The van der Waals surface area contributed by atoms with Crippen molar-refractivity contribution in [3.05, 3.63) is 40.6 Å². The van der Waals surface area contributed by atoms with Crippen LogP contribution in [0.4, 0.5) is 0 Å². The largest absolute Gasteiger partial charge is 0.508 e. The van der Waals surface area contributed by atoms with E-state index in [1.807, 2.05) is 0 Å². The number of aliphatic hydroxyl groups excluding tert-OH is 6. The van der Waals surface area contributed by atoms with Crippen molar-refractivity contribution in [2.45, 2.75) is 68.3 Å². The predicted octanol–water partition coefficient (Wildman–Crippen LogP) is -1.38. The lowest BCUT2D eigenvalue weighted by molar-refractivity contribution is -0.318. The van der Waals surface area contributed by atoms with Gasteiger partial charge in [0.25, 0.3) is 0 Å². The lowest BCUT2D eigenvalue weighted by Gasteiger charge is -2.42. The summed E-state index contributed by atoms with van der Waals surface area (Å²) in [7, 11) is 1.15. The maximum Gasteiger partial charge on any atom is 0.239 e. The third kappa shape index (κ3) is 5.63. The first-order chi connectivity index (χ1) is 20.8. The fourth-order valence-electron chi connectivity index (χ4n) is 5.01. The summed E-state index contributed by atoms with van der Waals surface area (Å²) in [6, 6.07) is 6.32. The molecule has 3 heterocycles. The lowest BCUT2D eigenvalue weighted by atomic mass is 9.98. The monoisotopic (exact) mass is 624 g/mol. The van der Waals surface area contributed by atoms with Gasteiger partial charge in [0.05, 0.1) is 19.8 Å². The molecule has 9 N–H and O–H groups in total. The molecule has 0 amide bonds. The van der Waals surface area contributed by atoms with E-state index in [-0.39, 0.29) is 22.7 Å². The van der Waals surface area contributed by atoms with Gasteiger partial charge in [-0.2, -0.15) is 0 Å². The quantitative estimate of drug-likeness (QED) is 0.147. The molecular weight excluding hydrogens is 592 g/mol. The van der Waals surface area contributed by atoms with Crippen molar-refractivity contribution in [2.24, 2.45) is 0 Å². The van der Waals surface area contributed by atoms with Gasteiger partial charge in [-0.1, -0.05) is 0 Å². The van der Waals surface area contributed by atoms with Crippen LogP contribution in [-0.2, 0) is 14.2 Å². The molecule has 16 nitrogen and oxygen atoms in total. The van der Waals surface area contributed by atoms with E-state index >= 15 is 0 Å². The number of benzene rings is 2. The number of hydrogen-bond donors (Lipinski definition) is 9. The highest BCUT2D eigenvalue weighted by atomic mass is 16.7. The van der Waals surface area contributed by atoms with Gasteiger partial charge in [-0.3, -0.25) is 4.79 Å². The Morgan fingerprint density at radius 1 is 0.795 bits per heavy atom. The summed E-state index contributed by atoms with van der Waals surface area (Å²) in [6.07, 6.45) is -16.0. The molecule has 2 aromatic carbocycles. The summed E-state index contributed by atoms with van der Waals surface area (Å²) in [5, 5.41) is 92.3. The minimum absolute atomic E-state index is 0.117. The second-order valence-corrected chi connectivity index (χ2v) is 10.4. The number of rotatable bonds is 7. The number of hydrogen-bond acceptors (Lipinski definition) is 16. The van der Waals surface area contributed by atoms with Crippen molar-refractivity contribution >= 4 is 11.0 Å². The number of methoxy groups -OCH3 is 1. The Labute approximate surface area is 248 Å². The zero-order valence-corrected chi connectivity index (χ0v) is 23.3. The van der Waals surface area contributed by atoms with E-state index in [9.17, 15) is 50.8 Å². The van der Waals surface area contributed by atoms with Gasteiger partial charge in [0, 0.05) is 11.6 Å². The van der Waals surface area contributed by atoms with Gasteiger partial charge in [-0.15, -0.1) is 0 Å². The molecule has 0 bridgehead atoms. The Bertz CT molecular complexity index is 1540. The lowest BCUT2D eigenvalue weighted by Crippen LogP contribution is -2.61. The highest BCUT2D eigenvalue weighted by molar-refractivity contribution is 5.91. The van der Waals surface area contributed by atoms with Crippen LogP contribution in [0, 0.1) is 0 Å². The molecule has 2 fully saturated rings. The van der Waals surface area contributed by atoms with Crippen LogP contribution >= 0.6 is 0 Å². The predicted molar refractivity (Wildman–Crippen MR) is 145 cm³/mol. The van der Waals surface area contributed by atoms with E-state index in [4.69, 9.17) is 28.1 Å². The van der Waals surface area contributed by atoms with E-state index in [2.05, 4.69) is 0 Å². The first-order valence-electron chi connectivity index (χ1n) is 13.4. The maximum atomic E-state index is 13.8. The van der Waals surface area contributed by atoms with Gasteiger partial charge in [-0.05, 0) is 31.2 Å². The molecular formula is C28H32O16. The molecule has 44 heavy (non-hydrogen) atoms. The molecule has 240 valence electrons. The smallest absolute Gasteiger partial charge is 0.239 e. The Balaban J connectivity index is 1.49. The Kier molecular flexibility index (Phi) is 8.90. The molecule has 5 rings (SSSR count). The molecule has 10 atom stereocenters. The average Bonchev–Trinajstić information content (AvgIpc) is 2.99. The van der Waals surface area contributed by atoms with Crippen molar-refractivity contribution in [1.29, 1.82) is 0 Å². The van der Waals surface area contributed by atoms with Crippen LogP contribution in [0.1, 0.15) is 6.92 Å². The minimum atomic E-state index is -1.94. The Morgan fingerprint density at radius 3 is 2.09 bits per heavy atom. The van der Waals surface area contributed by atoms with Gasteiger partial charge in [0.2, 0.25) is 23.2 Å². The maximum absolute atomic E-state index is 13.8. The summed E-state index contributed by atoms with van der Waals surface area (Å²) in [5.41, 5.74) is -1.11. The minimum Gasteiger partial charge on any atom is -0.508 e. The number of fused-ring (bicyclic) bond motifs is 1. The topological polar surface area (TPSA) is 258 Å². The normalized spacial score (nSPS) is 32.5. The average molecular weight is 625 g/mol. The van der Waals surface area contributed by atoms with E-state index in [1.54, 1.807) is 0 Å². The molecule has 0 spiro atoms. The van der Waals surface area contributed by atoms with Crippen molar-refractivity contribution in [2.75, 3.05) is 13.7 Å². The van der Waals surface area contributed by atoms with Crippen LogP contribution < -0.4 is 14.9 Å². The molecule has 16 heteroatoms. The Morgan fingerprint density at radius 2 is 1.43 bits per heavy atom. The summed E-state index contributed by atoms with van der Waals surface area (Å²) in [6.45, 7) is 0.845. The fourth-order valence-corrected chi connectivity index (χ4v) is 5.01. The van der Waals surface area contributed by atoms with Crippen LogP contribution in [0.15, 0.2) is 39.5 Å². The Hall–Kier alpha value is -3.71. The van der Waals surface area contributed by atoms with Crippen LogP contribution in [0.3, 0.4) is 0 Å². The summed E-state index contributed by atoms with van der Waals surface area (Å²) in [5.74, 6) is -2.78. The second kappa shape index (κ2) is 12.4. The molecule has 0 radical (unpaired) electrons. The first kappa shape index (κ1) is 31.7. The van der Waals surface area contributed by atoms with Gasteiger partial charge in [-0.25, -0.2) is 0 Å². The highest BCUT2D eigenvalue weighted by Crippen LogP contribution is 2.43. The van der Waals surface area contributed by atoms with Gasteiger partial charge in [0.1, 0.15) is 59.4 Å². The molecule has 1 aromatic heterocycles. The fraction of sp³-hybridized carbons (Fsp3) is 0.464. The third-order valence-electron chi connectivity index (χ3n) is 7.52. The van der Waals surface area contributed by atoms with Crippen molar-refractivity contribution < 1.29 is 74.1 Å². The van der Waals surface area contributed by atoms with Crippen molar-refractivity contribution in [3.63, 3.8) is 0 Å². The van der Waals surface area contributed by atoms with E-state index in [0.29, 0.717) is 0 Å². The van der Waals surface area contributed by atoms with E-state index in [0.717, 1.165) is 13.2 Å². The zero-order valence-electron chi connectivity index (χ0n) is 23.3. The highest BCUT2D eigenvalue weighted by Gasteiger charge is 2.48. The second-order valence-electron chi connectivity index (χ2n) is 10.4. The molecule has 2 saturated heterocycles. The standard InChI is InChI=1S/C28H32O16/c1-9-16(31)20(35)22(37)27(41-9)40-8-14-17(32)21(36)23(38)28(43-14)44-26-19(34)15-13(7-12(30)25(39-2)18(15)33)42-24(26)10-3-5-11(29)6-4-10/h3-7,9,14,16-17,20-23,27-33,35-38H,8H2,1-2H3/t9?,14?,16-,17-,20-,21?,22?,23?,27+,28-/m0/s1. The number of aliphatic hydroxyl groups is 6. The number of ether oxygens (including phenoxy) is 5. The SMILES string of the molecule is COc1c(O)cc2oc(-c3ccc(O)cc3)c(O[C@@H]3OC(CO[C@@H]4OC(C)[C@H](O)[C@H](O)C4O)[C@H](O)C(O)C3O)c(=O)c2c1O. The molecule has 0 saturated carbocycles. The van der Waals surface area contributed by atoms with Crippen LogP contribution in [0.25, 0.3) is 22.3 Å². The van der Waals surface area contributed by atoms with Crippen molar-refractivity contribution in [3.8, 4) is 40.1 Å². The molecule has 0 aliphatic carbocycles. The van der Waals surface area contributed by atoms with Gasteiger partial charge >= 0.3 is 0 Å². The molecule has 2 aliphatic rings. The number of phenolic OH excluding ortho intramolecular Hbond substituents is 3. The van der Waals surface area contributed by atoms with Crippen molar-refractivity contribution in [1.82, 2.24) is 0 Å². The molecule has 2 aliphatic heterocycles.